The summed E-state index contributed by atoms with van der Waals surface area (Å²) in [4.78, 5) is 4.75. The molecule has 0 atom stereocenters. The summed E-state index contributed by atoms with van der Waals surface area (Å²) in [6.07, 6.45) is 5.57. The molecule has 2 aromatic rings. The predicted octanol–water partition coefficient (Wildman–Crippen LogP) is 3.50. The first-order chi connectivity index (χ1) is 9.04. The van der Waals surface area contributed by atoms with Gasteiger partial charge in [-0.05, 0) is 18.8 Å². The van der Waals surface area contributed by atoms with Gasteiger partial charge in [0.1, 0.15) is 10.8 Å². The number of aromatic nitrogens is 3. The molecular formula is C14H19ClN4. The molecule has 0 aromatic carbocycles. The number of nitrogens with zero attached hydrogens (tertiary/aromatic N) is 3. The zero-order valence-corrected chi connectivity index (χ0v) is 12.3. The topological polar surface area (TPSA) is 42.2 Å². The Morgan fingerprint density at radius 2 is 2.16 bits per heavy atom. The number of rotatable bonds is 3. The molecule has 1 aliphatic rings. The van der Waals surface area contributed by atoms with Crippen LogP contribution in [-0.2, 0) is 5.41 Å². The normalized spacial score (nSPS) is 16.6. The largest absolute Gasteiger partial charge is 0.373 e. The van der Waals surface area contributed by atoms with Gasteiger partial charge in [0.05, 0.1) is 11.9 Å². The third-order valence-corrected chi connectivity index (χ3v) is 4.74. The van der Waals surface area contributed by atoms with Gasteiger partial charge in [-0.25, -0.2) is 4.98 Å². The lowest BCUT2D eigenvalue weighted by molar-refractivity contribution is 0.190. The highest BCUT2D eigenvalue weighted by Crippen LogP contribution is 2.43. The Hall–Kier alpha value is -1.29. The van der Waals surface area contributed by atoms with Crippen molar-refractivity contribution >= 4 is 23.1 Å². The molecule has 0 saturated heterocycles. The fourth-order valence-electron chi connectivity index (χ4n) is 2.78. The summed E-state index contributed by atoms with van der Waals surface area (Å²) in [5.41, 5.74) is 1.91. The smallest absolute Gasteiger partial charge is 0.176 e. The van der Waals surface area contributed by atoms with Gasteiger partial charge in [0.15, 0.2) is 5.65 Å². The van der Waals surface area contributed by atoms with E-state index >= 15 is 0 Å². The van der Waals surface area contributed by atoms with E-state index in [1.807, 2.05) is 7.05 Å². The monoisotopic (exact) mass is 278 g/mol. The van der Waals surface area contributed by atoms with Crippen LogP contribution in [0.1, 0.15) is 38.8 Å². The summed E-state index contributed by atoms with van der Waals surface area (Å²) in [6, 6.07) is 2.09. The van der Waals surface area contributed by atoms with E-state index in [4.69, 9.17) is 16.6 Å². The number of nitrogens with one attached hydrogen (secondary N) is 1. The molecule has 1 N–H and O–H groups in total. The Balaban J connectivity index is 2.15. The molecule has 5 heteroatoms. The minimum absolute atomic E-state index is 0.0825. The number of anilines is 1. The van der Waals surface area contributed by atoms with Crippen LogP contribution in [0.5, 0.6) is 0 Å². The number of halogens is 1. The molecule has 2 heterocycles. The van der Waals surface area contributed by atoms with Crippen LogP contribution >= 0.6 is 11.6 Å². The molecule has 0 unspecified atom stereocenters. The molecule has 4 nitrogen and oxygen atoms in total. The van der Waals surface area contributed by atoms with Crippen LogP contribution in [0.25, 0.3) is 5.65 Å². The first-order valence-electron chi connectivity index (χ1n) is 6.76. The molecule has 2 aromatic heterocycles. The molecule has 102 valence electrons. The van der Waals surface area contributed by atoms with Gasteiger partial charge >= 0.3 is 0 Å². The summed E-state index contributed by atoms with van der Waals surface area (Å²) >= 11 is 6.18. The van der Waals surface area contributed by atoms with E-state index in [9.17, 15) is 0 Å². The molecule has 1 aliphatic carbocycles. The zero-order valence-electron chi connectivity index (χ0n) is 11.6. The van der Waals surface area contributed by atoms with Crippen molar-refractivity contribution in [2.75, 3.05) is 12.4 Å². The van der Waals surface area contributed by atoms with Crippen molar-refractivity contribution in [2.24, 2.45) is 5.92 Å². The first kappa shape index (κ1) is 12.7. The lowest BCUT2D eigenvalue weighted by Crippen LogP contribution is -2.34. The van der Waals surface area contributed by atoms with E-state index in [-0.39, 0.29) is 5.41 Å². The first-order valence-corrected chi connectivity index (χ1v) is 7.14. The fraction of sp³-hybridized carbons (Fsp3) is 0.571. The Kier molecular flexibility index (Phi) is 2.93. The van der Waals surface area contributed by atoms with Gasteiger partial charge in [0.25, 0.3) is 0 Å². The third kappa shape index (κ3) is 1.89. The van der Waals surface area contributed by atoms with Crippen LogP contribution in [0.2, 0.25) is 5.02 Å². The van der Waals surface area contributed by atoms with Crippen molar-refractivity contribution in [3.8, 4) is 0 Å². The Labute approximate surface area is 118 Å². The summed E-state index contributed by atoms with van der Waals surface area (Å²) < 4.78 is 1.75. The summed E-state index contributed by atoms with van der Waals surface area (Å²) in [7, 11) is 1.89. The minimum Gasteiger partial charge on any atom is -0.373 e. The van der Waals surface area contributed by atoms with Crippen molar-refractivity contribution in [1.29, 1.82) is 0 Å². The molecule has 19 heavy (non-hydrogen) atoms. The SMILES string of the molecule is CNc1cc(C(C)(C)C2CCC2)nc2c(Cl)cnn12. The Morgan fingerprint density at radius 1 is 1.42 bits per heavy atom. The molecule has 0 bridgehead atoms. The van der Waals surface area contributed by atoms with Crippen LogP contribution in [0, 0.1) is 5.92 Å². The second-order valence-electron chi connectivity index (χ2n) is 5.85. The van der Waals surface area contributed by atoms with Gasteiger partial charge in [-0.2, -0.15) is 9.61 Å². The van der Waals surface area contributed by atoms with E-state index in [1.165, 1.54) is 19.3 Å². The molecule has 0 radical (unpaired) electrons. The Morgan fingerprint density at radius 3 is 2.74 bits per heavy atom. The number of hydrogen-bond donors (Lipinski definition) is 1. The van der Waals surface area contributed by atoms with E-state index in [2.05, 4.69) is 30.3 Å². The Bertz CT molecular complexity index is 613. The zero-order chi connectivity index (χ0) is 13.6. The highest BCUT2D eigenvalue weighted by Gasteiger charge is 2.37. The average molecular weight is 279 g/mol. The summed E-state index contributed by atoms with van der Waals surface area (Å²) in [5.74, 6) is 1.65. The van der Waals surface area contributed by atoms with Crippen LogP contribution in [0.4, 0.5) is 5.82 Å². The van der Waals surface area contributed by atoms with Gasteiger partial charge in [-0.3, -0.25) is 0 Å². The van der Waals surface area contributed by atoms with Gasteiger partial charge in [-0.15, -0.1) is 0 Å². The number of hydrogen-bond acceptors (Lipinski definition) is 3. The van der Waals surface area contributed by atoms with Gasteiger partial charge in [-0.1, -0.05) is 31.9 Å². The lowest BCUT2D eigenvalue weighted by Gasteiger charge is -2.40. The van der Waals surface area contributed by atoms with Gasteiger partial charge < -0.3 is 5.32 Å². The summed E-state index contributed by atoms with van der Waals surface area (Å²) in [6.45, 7) is 4.55. The maximum absolute atomic E-state index is 6.18. The molecule has 0 amide bonds. The molecular weight excluding hydrogens is 260 g/mol. The third-order valence-electron chi connectivity index (χ3n) is 4.47. The van der Waals surface area contributed by atoms with Crippen LogP contribution in [-0.4, -0.2) is 21.6 Å². The van der Waals surface area contributed by atoms with E-state index < -0.39 is 0 Å². The second kappa shape index (κ2) is 4.37. The van der Waals surface area contributed by atoms with E-state index in [0.717, 1.165) is 17.2 Å². The van der Waals surface area contributed by atoms with E-state index in [1.54, 1.807) is 10.7 Å². The maximum atomic E-state index is 6.18. The standard InChI is InChI=1S/C14H19ClN4/c1-14(2,9-5-4-6-9)11-7-12(16-3)19-13(18-11)10(15)8-17-19/h7-9,16H,4-6H2,1-3H3. The van der Waals surface area contributed by atoms with E-state index in [0.29, 0.717) is 10.9 Å². The molecule has 0 spiro atoms. The van der Waals surface area contributed by atoms with Gasteiger partial charge in [0, 0.05) is 18.5 Å². The van der Waals surface area contributed by atoms with Crippen molar-refractivity contribution in [1.82, 2.24) is 14.6 Å². The highest BCUT2D eigenvalue weighted by atomic mass is 35.5. The summed E-state index contributed by atoms with van der Waals surface area (Å²) in [5, 5.41) is 8.02. The predicted molar refractivity (Wildman–Crippen MR) is 77.9 cm³/mol. The van der Waals surface area contributed by atoms with Crippen molar-refractivity contribution in [2.45, 2.75) is 38.5 Å². The van der Waals surface area contributed by atoms with Crippen molar-refractivity contribution in [3.05, 3.63) is 23.0 Å². The number of fused-ring (bicyclic) bond motifs is 1. The maximum Gasteiger partial charge on any atom is 0.176 e. The van der Waals surface area contributed by atoms with Crippen LogP contribution < -0.4 is 5.32 Å². The molecule has 1 fully saturated rings. The lowest BCUT2D eigenvalue weighted by atomic mass is 9.66. The van der Waals surface area contributed by atoms with Crippen molar-refractivity contribution in [3.63, 3.8) is 0 Å². The molecule has 1 saturated carbocycles. The molecule has 3 rings (SSSR count). The van der Waals surface area contributed by atoms with Crippen LogP contribution in [0.15, 0.2) is 12.3 Å². The average Bonchev–Trinajstić information content (AvgIpc) is 2.67. The van der Waals surface area contributed by atoms with Crippen molar-refractivity contribution < 1.29 is 0 Å². The highest BCUT2D eigenvalue weighted by molar-refractivity contribution is 6.33. The molecule has 0 aliphatic heterocycles. The quantitative estimate of drug-likeness (QED) is 0.934. The van der Waals surface area contributed by atoms with Crippen LogP contribution in [0.3, 0.4) is 0 Å². The minimum atomic E-state index is 0.0825. The fourth-order valence-corrected chi connectivity index (χ4v) is 2.95. The van der Waals surface area contributed by atoms with Gasteiger partial charge in [0.2, 0.25) is 0 Å². The second-order valence-corrected chi connectivity index (χ2v) is 6.26.